The monoisotopic (exact) mass is 299 g/mol. The molecule has 3 heteroatoms. The molecule has 0 aliphatic carbocycles. The third kappa shape index (κ3) is 3.22. The van der Waals surface area contributed by atoms with Crippen molar-refractivity contribution in [3.05, 3.63) is 65.3 Å². The summed E-state index contributed by atoms with van der Waals surface area (Å²) in [5, 5.41) is 1.98. The van der Waals surface area contributed by atoms with Crippen LogP contribution in [0.4, 0.5) is 0 Å². The number of hydrogen-bond acceptors (Lipinski definition) is 1. The second-order valence-corrected chi connectivity index (χ2v) is 5.58. The van der Waals surface area contributed by atoms with E-state index in [2.05, 4.69) is 48.0 Å². The molecular formula is C18H18ClNO. The first kappa shape index (κ1) is 14.0. The molecular weight excluding hydrogens is 282 g/mol. The maximum atomic E-state index is 5.93. The minimum absolute atomic E-state index is 0.761. The summed E-state index contributed by atoms with van der Waals surface area (Å²) in [6.07, 6.45) is 3.14. The first-order chi connectivity index (χ1) is 10.3. The van der Waals surface area contributed by atoms with Crippen LogP contribution < -0.4 is 4.74 Å². The van der Waals surface area contributed by atoms with Gasteiger partial charge in [0.15, 0.2) is 0 Å². The molecule has 0 unspecified atom stereocenters. The molecule has 0 saturated heterocycles. The van der Waals surface area contributed by atoms with E-state index < -0.39 is 0 Å². The SMILES string of the molecule is CCCOc1ccc2c(ccn2Cc2ccc(Cl)cc2)c1. The summed E-state index contributed by atoms with van der Waals surface area (Å²) in [4.78, 5) is 0. The van der Waals surface area contributed by atoms with Crippen LogP contribution in [0.3, 0.4) is 0 Å². The largest absolute Gasteiger partial charge is 0.494 e. The van der Waals surface area contributed by atoms with Crippen LogP contribution in [0.1, 0.15) is 18.9 Å². The first-order valence-electron chi connectivity index (χ1n) is 7.22. The predicted molar refractivity (Wildman–Crippen MR) is 88.3 cm³/mol. The number of rotatable bonds is 5. The topological polar surface area (TPSA) is 14.2 Å². The predicted octanol–water partition coefficient (Wildman–Crippen LogP) is 5.13. The van der Waals surface area contributed by atoms with E-state index in [-0.39, 0.29) is 0 Å². The maximum absolute atomic E-state index is 5.93. The average molecular weight is 300 g/mol. The van der Waals surface area contributed by atoms with E-state index in [0.29, 0.717) is 0 Å². The molecule has 0 fully saturated rings. The summed E-state index contributed by atoms with van der Waals surface area (Å²) in [6, 6.07) is 16.4. The van der Waals surface area contributed by atoms with Gasteiger partial charge in [-0.15, -0.1) is 0 Å². The van der Waals surface area contributed by atoms with Crippen molar-refractivity contribution in [3.63, 3.8) is 0 Å². The van der Waals surface area contributed by atoms with E-state index in [0.717, 1.165) is 30.3 Å². The zero-order valence-corrected chi connectivity index (χ0v) is 12.8. The van der Waals surface area contributed by atoms with E-state index >= 15 is 0 Å². The number of ether oxygens (including phenoxy) is 1. The van der Waals surface area contributed by atoms with E-state index in [9.17, 15) is 0 Å². The lowest BCUT2D eigenvalue weighted by atomic mass is 10.2. The van der Waals surface area contributed by atoms with Crippen LogP contribution >= 0.6 is 11.6 Å². The quantitative estimate of drug-likeness (QED) is 0.637. The van der Waals surface area contributed by atoms with Gasteiger partial charge >= 0.3 is 0 Å². The second-order valence-electron chi connectivity index (χ2n) is 5.14. The number of hydrogen-bond donors (Lipinski definition) is 0. The van der Waals surface area contributed by atoms with Crippen LogP contribution in [0.15, 0.2) is 54.7 Å². The number of benzene rings is 2. The maximum Gasteiger partial charge on any atom is 0.120 e. The van der Waals surface area contributed by atoms with Crippen molar-refractivity contribution in [2.75, 3.05) is 6.61 Å². The minimum atomic E-state index is 0.761. The van der Waals surface area contributed by atoms with Gasteiger partial charge < -0.3 is 9.30 Å². The Morgan fingerprint density at radius 3 is 2.62 bits per heavy atom. The molecule has 108 valence electrons. The Labute approximate surface area is 129 Å². The second kappa shape index (κ2) is 6.23. The van der Waals surface area contributed by atoms with Gasteiger partial charge in [0.25, 0.3) is 0 Å². The van der Waals surface area contributed by atoms with Crippen LogP contribution in [-0.4, -0.2) is 11.2 Å². The van der Waals surface area contributed by atoms with Gasteiger partial charge in [-0.1, -0.05) is 30.7 Å². The first-order valence-corrected chi connectivity index (χ1v) is 7.60. The minimum Gasteiger partial charge on any atom is -0.494 e. The summed E-state index contributed by atoms with van der Waals surface area (Å²) in [5.74, 6) is 0.939. The number of nitrogens with zero attached hydrogens (tertiary/aromatic N) is 1. The zero-order chi connectivity index (χ0) is 14.7. The van der Waals surface area contributed by atoms with Crippen LogP contribution in [0.25, 0.3) is 10.9 Å². The van der Waals surface area contributed by atoms with E-state index in [1.807, 2.05) is 18.2 Å². The molecule has 0 bridgehead atoms. The van der Waals surface area contributed by atoms with Crippen LogP contribution in [0.5, 0.6) is 5.75 Å². The third-order valence-electron chi connectivity index (χ3n) is 3.48. The highest BCUT2D eigenvalue weighted by Gasteiger charge is 2.04. The molecule has 0 amide bonds. The Morgan fingerprint density at radius 2 is 1.86 bits per heavy atom. The molecule has 2 aromatic carbocycles. The lowest BCUT2D eigenvalue weighted by molar-refractivity contribution is 0.318. The molecule has 1 heterocycles. The fraction of sp³-hybridized carbons (Fsp3) is 0.222. The van der Waals surface area contributed by atoms with Gasteiger partial charge in [0.1, 0.15) is 5.75 Å². The van der Waals surface area contributed by atoms with E-state index in [1.54, 1.807) is 0 Å². The third-order valence-corrected chi connectivity index (χ3v) is 3.73. The van der Waals surface area contributed by atoms with Gasteiger partial charge in [-0.2, -0.15) is 0 Å². The Bertz CT molecular complexity index is 731. The molecule has 0 aliphatic rings. The molecule has 0 N–H and O–H groups in total. The summed E-state index contributed by atoms with van der Waals surface area (Å²) in [5.41, 5.74) is 2.46. The number of halogens is 1. The molecule has 0 atom stereocenters. The summed E-state index contributed by atoms with van der Waals surface area (Å²) < 4.78 is 7.92. The molecule has 0 spiro atoms. The molecule has 3 aromatic rings. The zero-order valence-electron chi connectivity index (χ0n) is 12.1. The average Bonchev–Trinajstić information content (AvgIpc) is 2.90. The molecule has 3 rings (SSSR count). The summed E-state index contributed by atoms with van der Waals surface area (Å²) >= 11 is 5.93. The Kier molecular flexibility index (Phi) is 4.16. The van der Waals surface area contributed by atoms with Gasteiger partial charge in [-0.3, -0.25) is 0 Å². The van der Waals surface area contributed by atoms with Crippen molar-refractivity contribution < 1.29 is 4.74 Å². The van der Waals surface area contributed by atoms with Crippen molar-refractivity contribution in [2.24, 2.45) is 0 Å². The standard InChI is InChI=1S/C18H18ClNO/c1-2-11-21-17-7-8-18-15(12-17)9-10-20(18)13-14-3-5-16(19)6-4-14/h3-10,12H,2,11,13H2,1H3. The molecule has 0 aliphatic heterocycles. The molecule has 0 saturated carbocycles. The molecule has 1 aromatic heterocycles. The lowest BCUT2D eigenvalue weighted by Gasteiger charge is -2.08. The fourth-order valence-electron chi connectivity index (χ4n) is 2.41. The number of aromatic nitrogens is 1. The van der Waals surface area contributed by atoms with Gasteiger partial charge in [0.05, 0.1) is 6.61 Å². The van der Waals surface area contributed by atoms with Crippen molar-refractivity contribution >= 4 is 22.5 Å². The van der Waals surface area contributed by atoms with Crippen LogP contribution in [0, 0.1) is 0 Å². The van der Waals surface area contributed by atoms with Crippen molar-refractivity contribution in [2.45, 2.75) is 19.9 Å². The van der Waals surface area contributed by atoms with Gasteiger partial charge in [-0.05, 0) is 48.4 Å². The van der Waals surface area contributed by atoms with E-state index in [4.69, 9.17) is 16.3 Å². The Morgan fingerprint density at radius 1 is 1.05 bits per heavy atom. The van der Waals surface area contributed by atoms with Gasteiger partial charge in [0.2, 0.25) is 0 Å². The fourth-order valence-corrected chi connectivity index (χ4v) is 2.54. The Balaban J connectivity index is 1.84. The van der Waals surface area contributed by atoms with E-state index in [1.165, 1.54) is 16.5 Å². The molecule has 0 radical (unpaired) electrons. The van der Waals surface area contributed by atoms with Gasteiger partial charge in [-0.25, -0.2) is 0 Å². The summed E-state index contributed by atoms with van der Waals surface area (Å²) in [6.45, 7) is 3.72. The smallest absolute Gasteiger partial charge is 0.120 e. The highest BCUT2D eigenvalue weighted by Crippen LogP contribution is 2.23. The highest BCUT2D eigenvalue weighted by molar-refractivity contribution is 6.30. The van der Waals surface area contributed by atoms with Crippen LogP contribution in [-0.2, 0) is 6.54 Å². The molecule has 21 heavy (non-hydrogen) atoms. The van der Waals surface area contributed by atoms with Gasteiger partial charge in [0, 0.05) is 28.7 Å². The van der Waals surface area contributed by atoms with Crippen molar-refractivity contribution in [1.82, 2.24) is 4.57 Å². The highest BCUT2D eigenvalue weighted by atomic mass is 35.5. The molecule has 2 nitrogen and oxygen atoms in total. The lowest BCUT2D eigenvalue weighted by Crippen LogP contribution is -1.98. The number of fused-ring (bicyclic) bond motifs is 1. The summed E-state index contributed by atoms with van der Waals surface area (Å²) in [7, 11) is 0. The van der Waals surface area contributed by atoms with Crippen molar-refractivity contribution in [3.8, 4) is 5.75 Å². The van der Waals surface area contributed by atoms with Crippen LogP contribution in [0.2, 0.25) is 5.02 Å². The Hall–Kier alpha value is -1.93. The normalized spacial score (nSPS) is 11.0. The van der Waals surface area contributed by atoms with Crippen molar-refractivity contribution in [1.29, 1.82) is 0 Å².